The second kappa shape index (κ2) is 3.17. The number of aryl methyl sites for hydroxylation is 1. The van der Waals surface area contributed by atoms with Crippen LogP contribution in [0.15, 0.2) is 36.9 Å². The zero-order valence-corrected chi connectivity index (χ0v) is 7.39. The first-order valence-electron chi connectivity index (χ1n) is 4.42. The molecule has 66 valence electrons. The third kappa shape index (κ3) is 1.42. The van der Waals surface area contributed by atoms with E-state index in [0.29, 0.717) is 0 Å². The van der Waals surface area contributed by atoms with E-state index in [2.05, 4.69) is 12.7 Å². The van der Waals surface area contributed by atoms with Gasteiger partial charge in [0.2, 0.25) is 0 Å². The Morgan fingerprint density at radius 2 is 2.23 bits per heavy atom. The molecule has 0 aliphatic heterocycles. The number of fused-ring (bicyclic) bond motifs is 1. The van der Waals surface area contributed by atoms with Crippen LogP contribution in [0.3, 0.4) is 0 Å². The van der Waals surface area contributed by atoms with Gasteiger partial charge in [0.15, 0.2) is 0 Å². The van der Waals surface area contributed by atoms with Gasteiger partial charge in [-0.25, -0.2) is 4.39 Å². The molecule has 0 spiro atoms. The highest BCUT2D eigenvalue weighted by Gasteiger charge is 2.10. The largest absolute Gasteiger partial charge is 0.207 e. The molecular formula is C12H11F. The first-order chi connectivity index (χ1) is 6.31. The second-order valence-corrected chi connectivity index (χ2v) is 3.20. The van der Waals surface area contributed by atoms with Gasteiger partial charge in [-0.05, 0) is 41.7 Å². The molecular weight excluding hydrogens is 163 g/mol. The van der Waals surface area contributed by atoms with Crippen LogP contribution < -0.4 is 0 Å². The van der Waals surface area contributed by atoms with E-state index in [1.54, 1.807) is 6.07 Å². The zero-order chi connectivity index (χ0) is 9.26. The maximum absolute atomic E-state index is 12.9. The maximum atomic E-state index is 12.9. The van der Waals surface area contributed by atoms with E-state index in [9.17, 15) is 4.39 Å². The van der Waals surface area contributed by atoms with Crippen molar-refractivity contribution in [3.8, 4) is 0 Å². The van der Waals surface area contributed by atoms with Gasteiger partial charge in [0.05, 0.1) is 0 Å². The van der Waals surface area contributed by atoms with Gasteiger partial charge in [0.25, 0.3) is 0 Å². The predicted molar refractivity (Wildman–Crippen MR) is 52.9 cm³/mol. The predicted octanol–water partition coefficient (Wildman–Crippen LogP) is 3.34. The van der Waals surface area contributed by atoms with Gasteiger partial charge >= 0.3 is 0 Å². The average Bonchev–Trinajstić information content (AvgIpc) is 2.16. The van der Waals surface area contributed by atoms with Crippen LogP contribution in [0.5, 0.6) is 0 Å². The summed E-state index contributed by atoms with van der Waals surface area (Å²) >= 11 is 0. The summed E-state index contributed by atoms with van der Waals surface area (Å²) in [5, 5.41) is 0. The van der Waals surface area contributed by atoms with Crippen LogP contribution in [-0.4, -0.2) is 0 Å². The van der Waals surface area contributed by atoms with Gasteiger partial charge in [-0.3, -0.25) is 0 Å². The van der Waals surface area contributed by atoms with Crippen LogP contribution in [0, 0.1) is 5.82 Å². The zero-order valence-electron chi connectivity index (χ0n) is 7.39. The molecule has 1 aromatic rings. The lowest BCUT2D eigenvalue weighted by atomic mass is 9.91. The summed E-state index contributed by atoms with van der Waals surface area (Å²) in [7, 11) is 0. The SMILES string of the molecule is C=CC1=CCCc2cc(F)ccc21. The van der Waals surface area contributed by atoms with Gasteiger partial charge in [0, 0.05) is 0 Å². The molecule has 0 bridgehead atoms. The molecule has 2 rings (SSSR count). The third-order valence-corrected chi connectivity index (χ3v) is 2.38. The fourth-order valence-corrected chi connectivity index (χ4v) is 1.74. The van der Waals surface area contributed by atoms with Crippen LogP contribution in [0.4, 0.5) is 4.39 Å². The lowest BCUT2D eigenvalue weighted by molar-refractivity contribution is 0.625. The molecule has 0 aromatic heterocycles. The van der Waals surface area contributed by atoms with Gasteiger partial charge in [-0.2, -0.15) is 0 Å². The summed E-state index contributed by atoms with van der Waals surface area (Å²) in [5.41, 5.74) is 3.35. The van der Waals surface area contributed by atoms with Crippen LogP contribution in [0.25, 0.3) is 5.57 Å². The number of hydrogen-bond acceptors (Lipinski definition) is 0. The van der Waals surface area contributed by atoms with Crippen LogP contribution >= 0.6 is 0 Å². The van der Waals surface area contributed by atoms with Crippen molar-refractivity contribution < 1.29 is 4.39 Å². The smallest absolute Gasteiger partial charge is 0.123 e. The van der Waals surface area contributed by atoms with Crippen molar-refractivity contribution in [2.45, 2.75) is 12.8 Å². The van der Waals surface area contributed by atoms with Crippen LogP contribution in [0.1, 0.15) is 17.5 Å². The Labute approximate surface area is 77.4 Å². The highest BCUT2D eigenvalue weighted by molar-refractivity contribution is 5.76. The molecule has 0 N–H and O–H groups in total. The van der Waals surface area contributed by atoms with Crippen molar-refractivity contribution in [3.05, 3.63) is 53.9 Å². The summed E-state index contributed by atoms with van der Waals surface area (Å²) in [6.45, 7) is 3.74. The van der Waals surface area contributed by atoms with E-state index in [0.717, 1.165) is 29.5 Å². The minimum Gasteiger partial charge on any atom is -0.207 e. The molecule has 1 aliphatic carbocycles. The Balaban J connectivity index is 2.55. The van der Waals surface area contributed by atoms with E-state index in [1.165, 1.54) is 6.07 Å². The minimum atomic E-state index is -0.149. The number of halogens is 1. The quantitative estimate of drug-likeness (QED) is 0.612. The first-order valence-corrected chi connectivity index (χ1v) is 4.42. The number of rotatable bonds is 1. The van der Waals surface area contributed by atoms with E-state index >= 15 is 0 Å². The normalized spacial score (nSPS) is 14.7. The van der Waals surface area contributed by atoms with Gasteiger partial charge in [-0.15, -0.1) is 0 Å². The second-order valence-electron chi connectivity index (χ2n) is 3.20. The Morgan fingerprint density at radius 1 is 1.38 bits per heavy atom. The minimum absolute atomic E-state index is 0.149. The van der Waals surface area contributed by atoms with Gasteiger partial charge in [-0.1, -0.05) is 24.8 Å². The van der Waals surface area contributed by atoms with Crippen LogP contribution in [0.2, 0.25) is 0 Å². The Hall–Kier alpha value is -1.37. The van der Waals surface area contributed by atoms with E-state index < -0.39 is 0 Å². The summed E-state index contributed by atoms with van der Waals surface area (Å²) in [6.07, 6.45) is 5.89. The molecule has 0 amide bonds. The van der Waals surface area contributed by atoms with Crippen molar-refractivity contribution in [1.82, 2.24) is 0 Å². The Bertz CT molecular complexity index is 375. The van der Waals surface area contributed by atoms with Gasteiger partial charge in [0.1, 0.15) is 5.82 Å². The van der Waals surface area contributed by atoms with Gasteiger partial charge < -0.3 is 0 Å². The molecule has 0 atom stereocenters. The topological polar surface area (TPSA) is 0 Å². The molecule has 13 heavy (non-hydrogen) atoms. The molecule has 0 radical (unpaired) electrons. The number of hydrogen-bond donors (Lipinski definition) is 0. The van der Waals surface area contributed by atoms with E-state index in [4.69, 9.17) is 0 Å². The molecule has 0 fully saturated rings. The molecule has 1 aliphatic rings. The molecule has 1 heteroatoms. The fourth-order valence-electron chi connectivity index (χ4n) is 1.74. The van der Waals surface area contributed by atoms with Crippen molar-refractivity contribution in [3.63, 3.8) is 0 Å². The average molecular weight is 174 g/mol. The summed E-state index contributed by atoms with van der Waals surface area (Å²) in [6, 6.07) is 4.95. The maximum Gasteiger partial charge on any atom is 0.123 e. The van der Waals surface area contributed by atoms with Crippen molar-refractivity contribution in [2.24, 2.45) is 0 Å². The lowest BCUT2D eigenvalue weighted by Gasteiger charge is -2.14. The van der Waals surface area contributed by atoms with Crippen molar-refractivity contribution in [1.29, 1.82) is 0 Å². The molecule has 0 saturated carbocycles. The fraction of sp³-hybridized carbons (Fsp3) is 0.167. The van der Waals surface area contributed by atoms with Crippen molar-refractivity contribution >= 4 is 5.57 Å². The standard InChI is InChI=1S/C12H11F/c1-2-9-4-3-5-10-8-11(13)6-7-12(9)10/h2,4,6-8H,1,3,5H2. The summed E-state index contributed by atoms with van der Waals surface area (Å²) < 4.78 is 12.9. The van der Waals surface area contributed by atoms with Crippen LogP contribution in [-0.2, 0) is 6.42 Å². The van der Waals surface area contributed by atoms with E-state index in [-0.39, 0.29) is 5.82 Å². The molecule has 0 saturated heterocycles. The monoisotopic (exact) mass is 174 g/mol. The van der Waals surface area contributed by atoms with Crippen molar-refractivity contribution in [2.75, 3.05) is 0 Å². The molecule has 0 nitrogen and oxygen atoms in total. The third-order valence-electron chi connectivity index (χ3n) is 2.38. The molecule has 0 unspecified atom stereocenters. The summed E-state index contributed by atoms with van der Waals surface area (Å²) in [4.78, 5) is 0. The Kier molecular flexibility index (Phi) is 2.01. The number of allylic oxidation sites excluding steroid dienone is 3. The lowest BCUT2D eigenvalue weighted by Crippen LogP contribution is -1.98. The highest BCUT2D eigenvalue weighted by atomic mass is 19.1. The summed E-state index contributed by atoms with van der Waals surface area (Å²) in [5.74, 6) is -0.149. The number of benzene rings is 1. The Morgan fingerprint density at radius 3 is 3.00 bits per heavy atom. The molecule has 1 aromatic carbocycles. The van der Waals surface area contributed by atoms with E-state index in [1.807, 2.05) is 12.1 Å². The molecule has 0 heterocycles. The highest BCUT2D eigenvalue weighted by Crippen LogP contribution is 2.27. The first kappa shape index (κ1) is 8.24.